The molecule has 2 aliphatic heterocycles. The molecular weight excluding hydrogens is 290 g/mol. The summed E-state index contributed by atoms with van der Waals surface area (Å²) in [5.41, 5.74) is -2.28. The Bertz CT molecular complexity index is 508. The number of fused-ring (bicyclic) bond motifs is 1. The fourth-order valence-electron chi connectivity index (χ4n) is 4.01. The lowest BCUT2D eigenvalue weighted by Gasteiger charge is -2.54. The summed E-state index contributed by atoms with van der Waals surface area (Å²) >= 11 is 4.18. The number of aliphatic hydroxyl groups is 1. The van der Waals surface area contributed by atoms with Crippen molar-refractivity contribution in [2.75, 3.05) is 5.75 Å². The van der Waals surface area contributed by atoms with E-state index in [0.29, 0.717) is 12.2 Å². The van der Waals surface area contributed by atoms with E-state index in [1.807, 2.05) is 12.2 Å². The van der Waals surface area contributed by atoms with Gasteiger partial charge in [-0.15, -0.1) is 0 Å². The fraction of sp³-hybridized carbons (Fsp3) is 0.733. The molecule has 21 heavy (non-hydrogen) atoms. The molecule has 2 fully saturated rings. The number of thiol groups is 1. The maximum Gasteiger partial charge on any atom is 0.339 e. The second kappa shape index (κ2) is 5.02. The summed E-state index contributed by atoms with van der Waals surface area (Å²) in [6, 6.07) is 0. The molecule has 0 saturated carbocycles. The largest absolute Gasteiger partial charge is 0.453 e. The number of esters is 1. The van der Waals surface area contributed by atoms with Crippen LogP contribution in [-0.2, 0) is 14.3 Å². The quantitative estimate of drug-likeness (QED) is 0.408. The first-order valence-corrected chi connectivity index (χ1v) is 8.11. The summed E-state index contributed by atoms with van der Waals surface area (Å²) in [7, 11) is 0. The van der Waals surface area contributed by atoms with Crippen molar-refractivity contribution in [2.24, 2.45) is 11.8 Å². The summed E-state index contributed by atoms with van der Waals surface area (Å²) in [6.07, 6.45) is 6.34. The number of amides is 1. The molecule has 2 heterocycles. The van der Waals surface area contributed by atoms with Gasteiger partial charge in [-0.25, -0.2) is 4.79 Å². The molecule has 0 aromatic heterocycles. The lowest BCUT2D eigenvalue weighted by molar-refractivity contribution is -0.238. The molecule has 0 aromatic rings. The molecule has 5 atom stereocenters. The topological polar surface area (TPSA) is 75.6 Å². The van der Waals surface area contributed by atoms with E-state index in [9.17, 15) is 14.7 Å². The van der Waals surface area contributed by atoms with Crippen LogP contribution in [-0.4, -0.2) is 40.0 Å². The van der Waals surface area contributed by atoms with Crippen LogP contribution in [0.2, 0.25) is 0 Å². The predicted octanol–water partition coefficient (Wildman–Crippen LogP) is 0.824. The number of ether oxygens (including phenoxy) is 1. The molecule has 0 spiro atoms. The van der Waals surface area contributed by atoms with Crippen LogP contribution < -0.4 is 5.32 Å². The van der Waals surface area contributed by atoms with E-state index in [2.05, 4.69) is 17.9 Å². The van der Waals surface area contributed by atoms with Crippen LogP contribution in [0.3, 0.4) is 0 Å². The van der Waals surface area contributed by atoms with Gasteiger partial charge in [-0.1, -0.05) is 12.2 Å². The number of allylic oxidation sites excluding steroid dienone is 1. The summed E-state index contributed by atoms with van der Waals surface area (Å²) in [4.78, 5) is 24.4. The van der Waals surface area contributed by atoms with Gasteiger partial charge in [0.15, 0.2) is 5.60 Å². The molecule has 6 heteroatoms. The van der Waals surface area contributed by atoms with Gasteiger partial charge in [-0.2, -0.15) is 12.6 Å². The van der Waals surface area contributed by atoms with Crippen molar-refractivity contribution < 1.29 is 19.4 Å². The molecule has 3 aliphatic rings. The lowest BCUT2D eigenvalue weighted by atomic mass is 9.64. The molecule has 116 valence electrons. The minimum Gasteiger partial charge on any atom is -0.453 e. The summed E-state index contributed by atoms with van der Waals surface area (Å²) in [5.74, 6) is -0.792. The molecule has 2 N–H and O–H groups in total. The van der Waals surface area contributed by atoms with E-state index in [1.54, 1.807) is 6.92 Å². The molecule has 2 saturated heterocycles. The Labute approximate surface area is 129 Å². The third kappa shape index (κ3) is 1.81. The van der Waals surface area contributed by atoms with Crippen LogP contribution in [0, 0.1) is 11.8 Å². The Balaban J connectivity index is 1.94. The minimum atomic E-state index is -1.30. The van der Waals surface area contributed by atoms with Crippen molar-refractivity contribution in [1.82, 2.24) is 5.32 Å². The zero-order chi connectivity index (χ0) is 15.3. The standard InChI is InChI=1S/C15H21NO4S/c1-14-10(7-8-21)12(18)16-15(14,13(19)20-14)11(17)9-5-3-2-4-6-9/h3,5,9-11,17,21H,2,4,6-8H2,1H3,(H,16,18)/t9-,10+,11-,14+,15+/m1/s1. The highest BCUT2D eigenvalue weighted by atomic mass is 32.1. The Morgan fingerprint density at radius 3 is 2.90 bits per heavy atom. The number of hydrogen-bond acceptors (Lipinski definition) is 5. The van der Waals surface area contributed by atoms with Crippen LogP contribution in [0.5, 0.6) is 0 Å². The summed E-state index contributed by atoms with van der Waals surface area (Å²) in [5, 5.41) is 13.6. The van der Waals surface area contributed by atoms with Crippen LogP contribution in [0.15, 0.2) is 12.2 Å². The van der Waals surface area contributed by atoms with E-state index < -0.39 is 29.1 Å². The zero-order valence-corrected chi connectivity index (χ0v) is 12.9. The van der Waals surface area contributed by atoms with Crippen LogP contribution in [0.4, 0.5) is 0 Å². The van der Waals surface area contributed by atoms with Crippen molar-refractivity contribution >= 4 is 24.5 Å². The van der Waals surface area contributed by atoms with Crippen molar-refractivity contribution in [3.8, 4) is 0 Å². The van der Waals surface area contributed by atoms with Crippen LogP contribution in [0.1, 0.15) is 32.6 Å². The molecule has 3 rings (SSSR count). The maximum atomic E-state index is 12.3. The molecule has 1 aliphatic carbocycles. The van der Waals surface area contributed by atoms with Crippen LogP contribution >= 0.6 is 12.6 Å². The van der Waals surface area contributed by atoms with Gasteiger partial charge in [0.25, 0.3) is 0 Å². The molecule has 0 bridgehead atoms. The number of carbonyl (C=O) groups excluding carboxylic acids is 2. The minimum absolute atomic E-state index is 0.124. The lowest BCUT2D eigenvalue weighted by Crippen LogP contribution is -2.80. The molecule has 5 nitrogen and oxygen atoms in total. The molecule has 0 unspecified atom stereocenters. The highest BCUT2D eigenvalue weighted by Gasteiger charge is 2.79. The highest BCUT2D eigenvalue weighted by Crippen LogP contribution is 2.53. The first kappa shape index (κ1) is 14.9. The molecular formula is C15H21NO4S. The van der Waals surface area contributed by atoms with Gasteiger partial charge in [0.2, 0.25) is 11.4 Å². The molecule has 0 radical (unpaired) electrons. The first-order valence-electron chi connectivity index (χ1n) is 7.48. The predicted molar refractivity (Wildman–Crippen MR) is 79.8 cm³/mol. The average Bonchev–Trinajstić information content (AvgIpc) is 2.65. The van der Waals surface area contributed by atoms with Crippen molar-refractivity contribution in [1.29, 1.82) is 0 Å². The molecule has 1 amide bonds. The second-order valence-corrected chi connectivity index (χ2v) is 6.77. The smallest absolute Gasteiger partial charge is 0.339 e. The van der Waals surface area contributed by atoms with E-state index in [4.69, 9.17) is 4.74 Å². The number of nitrogens with one attached hydrogen (secondary N) is 1. The Morgan fingerprint density at radius 1 is 1.57 bits per heavy atom. The first-order chi connectivity index (χ1) is 9.97. The van der Waals surface area contributed by atoms with Gasteiger partial charge < -0.3 is 15.2 Å². The molecule has 0 aromatic carbocycles. The Hall–Kier alpha value is -1.01. The monoisotopic (exact) mass is 311 g/mol. The van der Waals surface area contributed by atoms with E-state index in [0.717, 1.165) is 19.3 Å². The van der Waals surface area contributed by atoms with Gasteiger partial charge in [-0.3, -0.25) is 4.79 Å². The van der Waals surface area contributed by atoms with E-state index in [1.165, 1.54) is 0 Å². The third-order valence-corrected chi connectivity index (χ3v) is 5.53. The van der Waals surface area contributed by atoms with Gasteiger partial charge >= 0.3 is 5.97 Å². The van der Waals surface area contributed by atoms with Gasteiger partial charge in [0.05, 0.1) is 12.0 Å². The van der Waals surface area contributed by atoms with Crippen molar-refractivity contribution in [3.05, 3.63) is 12.2 Å². The number of rotatable bonds is 4. The van der Waals surface area contributed by atoms with Gasteiger partial charge in [0.1, 0.15) is 0 Å². The van der Waals surface area contributed by atoms with Crippen molar-refractivity contribution in [3.63, 3.8) is 0 Å². The van der Waals surface area contributed by atoms with Crippen molar-refractivity contribution in [2.45, 2.75) is 49.9 Å². The van der Waals surface area contributed by atoms with E-state index >= 15 is 0 Å². The number of hydrogen-bond donors (Lipinski definition) is 3. The summed E-state index contributed by atoms with van der Waals surface area (Å²) < 4.78 is 5.36. The zero-order valence-electron chi connectivity index (χ0n) is 12.0. The van der Waals surface area contributed by atoms with Gasteiger partial charge in [-0.05, 0) is 38.4 Å². The SMILES string of the molecule is C[C@@]12OC(=O)[C@]1([C@H](O)[C@@H]1C=CCCC1)NC(=O)[C@@H]2CCS. The van der Waals surface area contributed by atoms with Crippen LogP contribution in [0.25, 0.3) is 0 Å². The third-order valence-electron chi connectivity index (χ3n) is 5.27. The van der Waals surface area contributed by atoms with E-state index in [-0.39, 0.29) is 11.8 Å². The second-order valence-electron chi connectivity index (χ2n) is 6.33. The average molecular weight is 311 g/mol. The highest BCUT2D eigenvalue weighted by molar-refractivity contribution is 7.80. The van der Waals surface area contributed by atoms with Gasteiger partial charge in [0, 0.05) is 5.92 Å². The normalized spacial score (nSPS) is 42.8. The summed E-state index contributed by atoms with van der Waals surface area (Å²) in [6.45, 7) is 1.75. The maximum absolute atomic E-state index is 12.3. The Morgan fingerprint density at radius 2 is 2.33 bits per heavy atom. The Kier molecular flexibility index (Phi) is 3.56. The fourth-order valence-corrected chi connectivity index (χ4v) is 4.27. The number of aliphatic hydroxyl groups excluding tert-OH is 1. The number of carbonyl (C=O) groups is 2.